The van der Waals surface area contributed by atoms with E-state index >= 15 is 0 Å². The van der Waals surface area contributed by atoms with Crippen molar-refractivity contribution in [1.29, 1.82) is 0 Å². The Labute approximate surface area is 124 Å². The molecular weight excluding hydrogens is 299 g/mol. The number of likely N-dealkylation sites (tertiary alicyclic amines) is 1. The van der Waals surface area contributed by atoms with Crippen LogP contribution in [0.25, 0.3) is 5.65 Å². The third-order valence-corrected chi connectivity index (χ3v) is 3.69. The predicted octanol–water partition coefficient (Wildman–Crippen LogP) is 1.14. The quantitative estimate of drug-likeness (QED) is 0.886. The molecule has 0 bridgehead atoms. The highest BCUT2D eigenvalue weighted by Gasteiger charge is 2.40. The third-order valence-electron chi connectivity index (χ3n) is 3.69. The molecule has 3 rings (SSSR count). The zero-order chi connectivity index (χ0) is 15.7. The van der Waals surface area contributed by atoms with Gasteiger partial charge >= 0.3 is 6.18 Å². The first-order valence-corrected chi connectivity index (χ1v) is 6.96. The summed E-state index contributed by atoms with van der Waals surface area (Å²) in [7, 11) is 0. The van der Waals surface area contributed by atoms with Crippen molar-refractivity contribution in [2.75, 3.05) is 25.0 Å². The molecule has 120 valence electrons. The number of β-amino-alcohol motifs (C(OH)–C–C–N with tert-alkyl or cyclic N) is 1. The SMILES string of the molecule is O[C@H](CN1CC[C@@H](Nc2ccc3nccn3n2)C1)C(F)(F)F. The number of imidazole rings is 1. The van der Waals surface area contributed by atoms with E-state index in [-0.39, 0.29) is 6.04 Å². The largest absolute Gasteiger partial charge is 0.415 e. The Kier molecular flexibility index (Phi) is 3.92. The van der Waals surface area contributed by atoms with Gasteiger partial charge in [-0.2, -0.15) is 13.2 Å². The number of rotatable bonds is 4. The third kappa shape index (κ3) is 3.30. The summed E-state index contributed by atoms with van der Waals surface area (Å²) in [6.07, 6.45) is -2.80. The average molecular weight is 315 g/mol. The van der Waals surface area contributed by atoms with Crippen LogP contribution in [-0.2, 0) is 0 Å². The van der Waals surface area contributed by atoms with Gasteiger partial charge in [0, 0.05) is 38.1 Å². The van der Waals surface area contributed by atoms with Gasteiger partial charge in [-0.25, -0.2) is 9.50 Å². The molecule has 2 aromatic heterocycles. The molecule has 0 radical (unpaired) electrons. The van der Waals surface area contributed by atoms with E-state index in [9.17, 15) is 13.2 Å². The van der Waals surface area contributed by atoms with Crippen LogP contribution in [0.4, 0.5) is 19.0 Å². The highest BCUT2D eigenvalue weighted by molar-refractivity contribution is 5.44. The lowest BCUT2D eigenvalue weighted by Crippen LogP contribution is -2.40. The van der Waals surface area contributed by atoms with Crippen LogP contribution in [0.15, 0.2) is 24.5 Å². The lowest BCUT2D eigenvalue weighted by Gasteiger charge is -2.22. The number of hydrogen-bond acceptors (Lipinski definition) is 5. The Morgan fingerprint density at radius 1 is 1.41 bits per heavy atom. The number of nitrogens with zero attached hydrogens (tertiary/aromatic N) is 4. The predicted molar refractivity (Wildman–Crippen MR) is 73.5 cm³/mol. The van der Waals surface area contributed by atoms with Gasteiger partial charge in [0.1, 0.15) is 5.82 Å². The van der Waals surface area contributed by atoms with E-state index in [0.717, 1.165) is 5.65 Å². The standard InChI is InChI=1S/C13H16F3N5O/c14-13(15,16)10(22)8-20-5-3-9(7-20)18-11-1-2-12-17-4-6-21(12)19-11/h1-2,4,6,9-10,22H,3,5,7-8H2,(H,18,19)/t9-,10-/m1/s1. The average Bonchev–Trinajstić information content (AvgIpc) is 3.06. The van der Waals surface area contributed by atoms with E-state index in [1.165, 1.54) is 0 Å². The van der Waals surface area contributed by atoms with E-state index in [1.54, 1.807) is 27.9 Å². The molecule has 1 fully saturated rings. The maximum atomic E-state index is 12.4. The van der Waals surface area contributed by atoms with Crippen molar-refractivity contribution in [3.8, 4) is 0 Å². The minimum atomic E-state index is -4.57. The molecule has 9 heteroatoms. The van der Waals surface area contributed by atoms with Crippen molar-refractivity contribution in [3.63, 3.8) is 0 Å². The summed E-state index contributed by atoms with van der Waals surface area (Å²) in [5.41, 5.74) is 0.729. The second-order valence-corrected chi connectivity index (χ2v) is 5.40. The number of halogens is 3. The van der Waals surface area contributed by atoms with Crippen LogP contribution in [0.3, 0.4) is 0 Å². The lowest BCUT2D eigenvalue weighted by atomic mass is 10.2. The van der Waals surface area contributed by atoms with Crippen molar-refractivity contribution in [3.05, 3.63) is 24.5 Å². The number of fused-ring (bicyclic) bond motifs is 1. The topological polar surface area (TPSA) is 65.7 Å². The minimum absolute atomic E-state index is 0.00825. The van der Waals surface area contributed by atoms with Crippen LogP contribution in [0.5, 0.6) is 0 Å². The van der Waals surface area contributed by atoms with E-state index in [1.807, 2.05) is 6.07 Å². The molecule has 0 spiro atoms. The summed E-state index contributed by atoms with van der Waals surface area (Å²) >= 11 is 0. The molecule has 6 nitrogen and oxygen atoms in total. The van der Waals surface area contributed by atoms with Gasteiger partial charge in [-0.15, -0.1) is 5.10 Å². The summed E-state index contributed by atoms with van der Waals surface area (Å²) in [6.45, 7) is 0.560. The summed E-state index contributed by atoms with van der Waals surface area (Å²) < 4.78 is 38.7. The minimum Gasteiger partial charge on any atom is -0.382 e. The van der Waals surface area contributed by atoms with Gasteiger partial charge in [0.15, 0.2) is 11.8 Å². The van der Waals surface area contributed by atoms with Crippen molar-refractivity contribution < 1.29 is 18.3 Å². The van der Waals surface area contributed by atoms with Crippen LogP contribution < -0.4 is 5.32 Å². The molecule has 2 N–H and O–H groups in total. The fraction of sp³-hybridized carbons (Fsp3) is 0.538. The molecule has 1 saturated heterocycles. The first-order chi connectivity index (χ1) is 10.4. The smallest absolute Gasteiger partial charge is 0.382 e. The van der Waals surface area contributed by atoms with Gasteiger partial charge in [-0.3, -0.25) is 4.90 Å². The van der Waals surface area contributed by atoms with Crippen molar-refractivity contribution in [2.45, 2.75) is 24.7 Å². The molecule has 0 aliphatic carbocycles. The van der Waals surface area contributed by atoms with Crippen molar-refractivity contribution in [1.82, 2.24) is 19.5 Å². The van der Waals surface area contributed by atoms with Crippen LogP contribution in [-0.4, -0.2) is 62.6 Å². The van der Waals surface area contributed by atoms with Crippen LogP contribution >= 0.6 is 0 Å². The van der Waals surface area contributed by atoms with Crippen LogP contribution in [0.2, 0.25) is 0 Å². The Balaban J connectivity index is 1.56. The van der Waals surface area contributed by atoms with E-state index in [4.69, 9.17) is 5.11 Å². The highest BCUT2D eigenvalue weighted by Crippen LogP contribution is 2.22. The second-order valence-electron chi connectivity index (χ2n) is 5.40. The number of alkyl halides is 3. The van der Waals surface area contributed by atoms with Gasteiger partial charge in [0.25, 0.3) is 0 Å². The van der Waals surface area contributed by atoms with Gasteiger partial charge in [-0.05, 0) is 18.6 Å². The van der Waals surface area contributed by atoms with Gasteiger partial charge < -0.3 is 10.4 Å². The summed E-state index contributed by atoms with van der Waals surface area (Å²) in [6, 6.07) is 3.61. The number of nitrogens with one attached hydrogen (secondary N) is 1. The Bertz CT molecular complexity index is 644. The molecular formula is C13H16F3N5O. The number of aliphatic hydroxyl groups is 1. The van der Waals surface area contributed by atoms with Crippen LogP contribution in [0.1, 0.15) is 6.42 Å². The fourth-order valence-corrected chi connectivity index (χ4v) is 2.57. The number of anilines is 1. The molecule has 0 unspecified atom stereocenters. The number of hydrogen-bond donors (Lipinski definition) is 2. The maximum absolute atomic E-state index is 12.4. The normalized spacial score (nSPS) is 21.4. The second kappa shape index (κ2) is 5.73. The van der Waals surface area contributed by atoms with Gasteiger partial charge in [-0.1, -0.05) is 0 Å². The first kappa shape index (κ1) is 15.0. The Hall–Kier alpha value is -1.87. The van der Waals surface area contributed by atoms with Crippen molar-refractivity contribution in [2.24, 2.45) is 0 Å². The molecule has 0 aromatic carbocycles. The van der Waals surface area contributed by atoms with E-state index < -0.39 is 18.8 Å². The molecule has 0 saturated carbocycles. The first-order valence-electron chi connectivity index (χ1n) is 6.96. The molecule has 1 aliphatic heterocycles. The zero-order valence-corrected chi connectivity index (χ0v) is 11.7. The lowest BCUT2D eigenvalue weighted by molar-refractivity contribution is -0.207. The summed E-state index contributed by atoms with van der Waals surface area (Å²) in [5.74, 6) is 0.647. The fourth-order valence-electron chi connectivity index (χ4n) is 2.57. The monoisotopic (exact) mass is 315 g/mol. The molecule has 1 aliphatic rings. The van der Waals surface area contributed by atoms with E-state index in [2.05, 4.69) is 15.4 Å². The number of aliphatic hydroxyl groups excluding tert-OH is 1. The maximum Gasteiger partial charge on any atom is 0.415 e. The highest BCUT2D eigenvalue weighted by atomic mass is 19.4. The summed E-state index contributed by atoms with van der Waals surface area (Å²) in [5, 5.41) is 16.6. The van der Waals surface area contributed by atoms with Gasteiger partial charge in [0.2, 0.25) is 0 Å². The molecule has 2 aromatic rings. The summed E-state index contributed by atoms with van der Waals surface area (Å²) in [4.78, 5) is 5.69. The van der Waals surface area contributed by atoms with E-state index in [0.29, 0.717) is 25.3 Å². The van der Waals surface area contributed by atoms with Gasteiger partial charge in [0.05, 0.1) is 0 Å². The molecule has 3 heterocycles. The Morgan fingerprint density at radius 3 is 3.00 bits per heavy atom. The molecule has 22 heavy (non-hydrogen) atoms. The zero-order valence-electron chi connectivity index (χ0n) is 11.7. The van der Waals surface area contributed by atoms with Crippen LogP contribution in [0, 0.1) is 0 Å². The van der Waals surface area contributed by atoms with Crippen molar-refractivity contribution >= 4 is 11.5 Å². The Morgan fingerprint density at radius 2 is 2.23 bits per heavy atom. The number of aromatic nitrogens is 3. The molecule has 0 amide bonds. The molecule has 2 atom stereocenters.